The van der Waals surface area contributed by atoms with Crippen molar-refractivity contribution in [1.29, 1.82) is 0 Å². The Kier molecular flexibility index (Phi) is 5.92. The minimum Gasteiger partial charge on any atom is -0.496 e. The summed E-state index contributed by atoms with van der Waals surface area (Å²) in [5.74, 6) is 1.65. The number of hydrogen-bond donors (Lipinski definition) is 1. The van der Waals surface area contributed by atoms with Crippen molar-refractivity contribution in [2.75, 3.05) is 25.1 Å². The molecule has 1 heterocycles. The second-order valence-electron chi connectivity index (χ2n) is 6.14. The van der Waals surface area contributed by atoms with Crippen LogP contribution in [-0.4, -0.2) is 25.3 Å². The van der Waals surface area contributed by atoms with Crippen LogP contribution in [0.3, 0.4) is 0 Å². The average Bonchev–Trinajstić information content (AvgIpc) is 2.72. The predicted octanol–water partition coefficient (Wildman–Crippen LogP) is 4.16. The summed E-state index contributed by atoms with van der Waals surface area (Å²) in [6.07, 6.45) is 5.94. The second kappa shape index (κ2) is 7.69. The van der Waals surface area contributed by atoms with Gasteiger partial charge in [-0.2, -0.15) is 0 Å². The Bertz CT molecular complexity index is 445. The van der Waals surface area contributed by atoms with Crippen LogP contribution in [0.5, 0.6) is 5.75 Å². The van der Waals surface area contributed by atoms with Crippen molar-refractivity contribution in [2.45, 2.75) is 52.1 Å². The monoisotopic (exact) mass is 291 g/mol. The van der Waals surface area contributed by atoms with E-state index in [1.165, 1.54) is 32.1 Å². The van der Waals surface area contributed by atoms with Crippen molar-refractivity contribution < 1.29 is 9.84 Å². The Morgan fingerprint density at radius 2 is 2.14 bits per heavy atom. The minimum atomic E-state index is -0.508. The maximum atomic E-state index is 10.1. The average molecular weight is 291 g/mol. The largest absolute Gasteiger partial charge is 0.496 e. The molecule has 0 aliphatic carbocycles. The Labute approximate surface area is 128 Å². The molecule has 0 aromatic heterocycles. The SMILES string of the molecule is CCCC1CCCN(c2cccc(OC)c2[C@H](C)O)CC1. The van der Waals surface area contributed by atoms with Gasteiger partial charge in [0.05, 0.1) is 13.2 Å². The van der Waals surface area contributed by atoms with E-state index in [0.29, 0.717) is 0 Å². The van der Waals surface area contributed by atoms with Crippen LogP contribution >= 0.6 is 0 Å². The van der Waals surface area contributed by atoms with Gasteiger partial charge >= 0.3 is 0 Å². The number of aliphatic hydroxyl groups is 1. The van der Waals surface area contributed by atoms with Crippen LogP contribution in [0.4, 0.5) is 5.69 Å². The molecule has 1 aromatic rings. The van der Waals surface area contributed by atoms with E-state index in [9.17, 15) is 5.11 Å². The summed E-state index contributed by atoms with van der Waals surface area (Å²) in [6.45, 7) is 6.25. The lowest BCUT2D eigenvalue weighted by Crippen LogP contribution is -2.26. The normalized spacial score (nSPS) is 21.0. The highest BCUT2D eigenvalue weighted by Gasteiger charge is 2.22. The van der Waals surface area contributed by atoms with Crippen LogP contribution in [-0.2, 0) is 0 Å². The first-order chi connectivity index (χ1) is 10.2. The molecular formula is C18H29NO2. The van der Waals surface area contributed by atoms with Crippen molar-refractivity contribution >= 4 is 5.69 Å². The third kappa shape index (κ3) is 3.91. The lowest BCUT2D eigenvalue weighted by atomic mass is 9.96. The summed E-state index contributed by atoms with van der Waals surface area (Å²) >= 11 is 0. The summed E-state index contributed by atoms with van der Waals surface area (Å²) in [5, 5.41) is 10.1. The van der Waals surface area contributed by atoms with E-state index >= 15 is 0 Å². The molecule has 1 saturated heterocycles. The molecule has 21 heavy (non-hydrogen) atoms. The van der Waals surface area contributed by atoms with Gasteiger partial charge in [0.1, 0.15) is 5.75 Å². The third-order valence-corrected chi connectivity index (χ3v) is 4.57. The summed E-state index contributed by atoms with van der Waals surface area (Å²) in [5.41, 5.74) is 2.07. The molecule has 1 aromatic carbocycles. The van der Waals surface area contributed by atoms with Crippen molar-refractivity contribution in [3.05, 3.63) is 23.8 Å². The standard InChI is InChI=1S/C18H29NO2/c1-4-7-15-8-6-12-19(13-11-15)16-9-5-10-17(21-3)18(16)14(2)20/h5,9-10,14-15,20H,4,6-8,11-13H2,1-3H3/t14-,15?/m0/s1. The maximum Gasteiger partial charge on any atom is 0.126 e. The van der Waals surface area contributed by atoms with Crippen LogP contribution in [0.15, 0.2) is 18.2 Å². The first-order valence-electron chi connectivity index (χ1n) is 8.27. The molecule has 1 aliphatic heterocycles. The van der Waals surface area contributed by atoms with Crippen LogP contribution in [0.25, 0.3) is 0 Å². The summed E-state index contributed by atoms with van der Waals surface area (Å²) in [6, 6.07) is 6.07. The van der Waals surface area contributed by atoms with Gasteiger partial charge in [0.2, 0.25) is 0 Å². The molecule has 0 bridgehead atoms. The fourth-order valence-corrected chi connectivity index (χ4v) is 3.51. The molecule has 0 spiro atoms. The molecular weight excluding hydrogens is 262 g/mol. The van der Waals surface area contributed by atoms with Crippen LogP contribution in [0.1, 0.15) is 57.6 Å². The molecule has 0 radical (unpaired) electrons. The fourth-order valence-electron chi connectivity index (χ4n) is 3.51. The Morgan fingerprint density at radius 1 is 1.33 bits per heavy atom. The summed E-state index contributed by atoms with van der Waals surface area (Å²) in [4.78, 5) is 2.43. The van der Waals surface area contributed by atoms with Gasteiger partial charge in [0.15, 0.2) is 0 Å². The number of aliphatic hydroxyl groups excluding tert-OH is 1. The van der Waals surface area contributed by atoms with Crippen molar-refractivity contribution in [3.63, 3.8) is 0 Å². The van der Waals surface area contributed by atoms with E-state index in [2.05, 4.69) is 17.9 Å². The van der Waals surface area contributed by atoms with Gasteiger partial charge in [-0.1, -0.05) is 25.8 Å². The number of nitrogens with zero attached hydrogens (tertiary/aromatic N) is 1. The molecule has 0 amide bonds. The number of ether oxygens (including phenoxy) is 1. The number of benzene rings is 1. The van der Waals surface area contributed by atoms with E-state index in [1.54, 1.807) is 7.11 Å². The molecule has 1 N–H and O–H groups in total. The van der Waals surface area contributed by atoms with E-state index in [1.807, 2.05) is 19.1 Å². The molecule has 1 unspecified atom stereocenters. The van der Waals surface area contributed by atoms with Gasteiger partial charge in [0.25, 0.3) is 0 Å². The highest BCUT2D eigenvalue weighted by molar-refractivity contribution is 5.60. The molecule has 118 valence electrons. The number of anilines is 1. The first-order valence-corrected chi connectivity index (χ1v) is 8.27. The zero-order chi connectivity index (χ0) is 15.2. The van der Waals surface area contributed by atoms with Crippen molar-refractivity contribution in [2.24, 2.45) is 5.92 Å². The van der Waals surface area contributed by atoms with Gasteiger partial charge in [0, 0.05) is 24.3 Å². The van der Waals surface area contributed by atoms with Gasteiger partial charge < -0.3 is 14.7 Å². The highest BCUT2D eigenvalue weighted by atomic mass is 16.5. The predicted molar refractivity (Wildman–Crippen MR) is 88.1 cm³/mol. The second-order valence-corrected chi connectivity index (χ2v) is 6.14. The van der Waals surface area contributed by atoms with Gasteiger partial charge in [-0.15, -0.1) is 0 Å². The summed E-state index contributed by atoms with van der Waals surface area (Å²) < 4.78 is 5.44. The van der Waals surface area contributed by atoms with E-state index in [-0.39, 0.29) is 0 Å². The molecule has 3 heteroatoms. The lowest BCUT2D eigenvalue weighted by Gasteiger charge is -2.27. The molecule has 2 rings (SSSR count). The minimum absolute atomic E-state index is 0.508. The molecule has 0 saturated carbocycles. The van der Waals surface area contributed by atoms with Crippen LogP contribution < -0.4 is 9.64 Å². The van der Waals surface area contributed by atoms with Crippen molar-refractivity contribution in [3.8, 4) is 5.75 Å². The smallest absolute Gasteiger partial charge is 0.126 e. The molecule has 1 aliphatic rings. The summed E-state index contributed by atoms with van der Waals surface area (Å²) in [7, 11) is 1.67. The molecule has 1 fully saturated rings. The van der Waals surface area contributed by atoms with Crippen LogP contribution in [0, 0.1) is 5.92 Å². The van der Waals surface area contributed by atoms with Crippen LogP contribution in [0.2, 0.25) is 0 Å². The molecule has 3 nitrogen and oxygen atoms in total. The van der Waals surface area contributed by atoms with E-state index in [4.69, 9.17) is 4.74 Å². The molecule has 2 atom stereocenters. The highest BCUT2D eigenvalue weighted by Crippen LogP contribution is 2.36. The Balaban J connectivity index is 2.21. The van der Waals surface area contributed by atoms with Gasteiger partial charge in [-0.3, -0.25) is 0 Å². The van der Waals surface area contributed by atoms with E-state index < -0.39 is 6.10 Å². The number of rotatable bonds is 5. The Morgan fingerprint density at radius 3 is 2.81 bits per heavy atom. The topological polar surface area (TPSA) is 32.7 Å². The van der Waals surface area contributed by atoms with E-state index in [0.717, 1.165) is 36.0 Å². The fraction of sp³-hybridized carbons (Fsp3) is 0.667. The van der Waals surface area contributed by atoms with Crippen molar-refractivity contribution in [1.82, 2.24) is 0 Å². The lowest BCUT2D eigenvalue weighted by molar-refractivity contribution is 0.194. The Hall–Kier alpha value is -1.22. The van der Waals surface area contributed by atoms with Gasteiger partial charge in [-0.05, 0) is 44.2 Å². The zero-order valence-corrected chi connectivity index (χ0v) is 13.6. The number of hydrogen-bond acceptors (Lipinski definition) is 3. The maximum absolute atomic E-state index is 10.1. The third-order valence-electron chi connectivity index (χ3n) is 4.57. The number of methoxy groups -OCH3 is 1. The first kappa shape index (κ1) is 16.2. The zero-order valence-electron chi connectivity index (χ0n) is 13.6. The van der Waals surface area contributed by atoms with Gasteiger partial charge in [-0.25, -0.2) is 0 Å². The quantitative estimate of drug-likeness (QED) is 0.884.